The predicted octanol–water partition coefficient (Wildman–Crippen LogP) is 4.55. The van der Waals surface area contributed by atoms with Crippen LogP contribution in [0.4, 0.5) is 0 Å². The fourth-order valence-corrected chi connectivity index (χ4v) is 3.17. The number of fused-ring (bicyclic) bond motifs is 1. The maximum atomic E-state index is 4.96. The molecule has 1 aromatic heterocycles. The summed E-state index contributed by atoms with van der Waals surface area (Å²) >= 11 is 0. The number of imidazole rings is 1. The van der Waals surface area contributed by atoms with Crippen molar-refractivity contribution in [2.45, 2.75) is 25.8 Å². The van der Waals surface area contributed by atoms with Gasteiger partial charge in [0.05, 0.1) is 11.4 Å². The van der Waals surface area contributed by atoms with Crippen molar-refractivity contribution in [1.29, 1.82) is 0 Å². The van der Waals surface area contributed by atoms with Gasteiger partial charge in [0, 0.05) is 24.1 Å². The van der Waals surface area contributed by atoms with Gasteiger partial charge in [-0.05, 0) is 12.8 Å². The highest BCUT2D eigenvalue weighted by atomic mass is 15.1. The normalized spacial score (nSPS) is 13.9. The molecule has 1 aliphatic heterocycles. The smallest absolute Gasteiger partial charge is 0.109 e. The Kier molecular flexibility index (Phi) is 3.07. The zero-order valence-electron chi connectivity index (χ0n) is 12.0. The lowest BCUT2D eigenvalue weighted by molar-refractivity contribution is 0.526. The van der Waals surface area contributed by atoms with E-state index in [4.69, 9.17) is 4.98 Å². The van der Waals surface area contributed by atoms with Crippen LogP contribution in [0.5, 0.6) is 0 Å². The van der Waals surface area contributed by atoms with Gasteiger partial charge in [-0.15, -0.1) is 0 Å². The summed E-state index contributed by atoms with van der Waals surface area (Å²) in [5, 5.41) is 0. The molecule has 2 heterocycles. The van der Waals surface area contributed by atoms with Crippen LogP contribution in [0, 0.1) is 0 Å². The average molecular weight is 274 g/mol. The highest BCUT2D eigenvalue weighted by molar-refractivity contribution is 5.79. The van der Waals surface area contributed by atoms with Gasteiger partial charge in [-0.1, -0.05) is 60.7 Å². The summed E-state index contributed by atoms with van der Waals surface area (Å²) in [6.07, 6.45) is 3.59. The lowest BCUT2D eigenvalue weighted by Crippen LogP contribution is -2.11. The Morgan fingerprint density at radius 3 is 2.14 bits per heavy atom. The first kappa shape index (κ1) is 12.4. The summed E-state index contributed by atoms with van der Waals surface area (Å²) in [7, 11) is 0. The van der Waals surface area contributed by atoms with Crippen LogP contribution in [0.3, 0.4) is 0 Å². The summed E-state index contributed by atoms with van der Waals surface area (Å²) in [6, 6.07) is 21.2. The maximum Gasteiger partial charge on any atom is 0.109 e. The molecule has 0 atom stereocenters. The molecule has 0 bridgehead atoms. The Labute approximate surface area is 125 Å². The molecule has 0 saturated heterocycles. The summed E-state index contributed by atoms with van der Waals surface area (Å²) in [5.74, 6) is 1.24. The van der Waals surface area contributed by atoms with Crippen molar-refractivity contribution in [3.63, 3.8) is 0 Å². The van der Waals surface area contributed by atoms with Crippen LogP contribution in [0.25, 0.3) is 22.5 Å². The third-order valence-electron chi connectivity index (χ3n) is 4.17. The molecule has 2 nitrogen and oxygen atoms in total. The van der Waals surface area contributed by atoms with Gasteiger partial charge in [0.1, 0.15) is 5.82 Å². The fourth-order valence-electron chi connectivity index (χ4n) is 3.17. The van der Waals surface area contributed by atoms with Gasteiger partial charge in [-0.3, -0.25) is 0 Å². The van der Waals surface area contributed by atoms with Crippen molar-refractivity contribution in [3.8, 4) is 22.5 Å². The number of nitrogens with zero attached hydrogens (tertiary/aromatic N) is 2. The highest BCUT2D eigenvalue weighted by Gasteiger charge is 2.21. The molecule has 1 aliphatic rings. The van der Waals surface area contributed by atoms with E-state index < -0.39 is 0 Å². The first-order chi connectivity index (χ1) is 10.4. The quantitative estimate of drug-likeness (QED) is 0.670. The molecular weight excluding hydrogens is 256 g/mol. The van der Waals surface area contributed by atoms with E-state index in [-0.39, 0.29) is 0 Å². The second-order valence-electron chi connectivity index (χ2n) is 5.57. The molecule has 0 saturated carbocycles. The highest BCUT2D eigenvalue weighted by Crippen LogP contribution is 2.34. The van der Waals surface area contributed by atoms with Crippen LogP contribution in [0.1, 0.15) is 18.7 Å². The van der Waals surface area contributed by atoms with Crippen molar-refractivity contribution in [2.75, 3.05) is 0 Å². The van der Waals surface area contributed by atoms with Gasteiger partial charge in [0.25, 0.3) is 0 Å². The van der Waals surface area contributed by atoms with Crippen molar-refractivity contribution in [1.82, 2.24) is 9.55 Å². The minimum Gasteiger partial charge on any atom is -0.327 e. The number of hydrogen-bond donors (Lipinski definition) is 0. The van der Waals surface area contributed by atoms with Gasteiger partial charge in [-0.25, -0.2) is 4.98 Å². The third-order valence-corrected chi connectivity index (χ3v) is 4.17. The fraction of sp³-hybridized carbons (Fsp3) is 0.211. The molecule has 21 heavy (non-hydrogen) atoms. The van der Waals surface area contributed by atoms with Crippen molar-refractivity contribution in [2.24, 2.45) is 0 Å². The van der Waals surface area contributed by atoms with Crippen LogP contribution in [-0.2, 0) is 13.0 Å². The van der Waals surface area contributed by atoms with E-state index in [0.717, 1.165) is 18.7 Å². The molecular formula is C19H18N2. The summed E-state index contributed by atoms with van der Waals surface area (Å²) in [5.41, 5.74) is 4.87. The van der Waals surface area contributed by atoms with E-state index in [9.17, 15) is 0 Å². The first-order valence-electron chi connectivity index (χ1n) is 7.64. The van der Waals surface area contributed by atoms with Crippen LogP contribution in [0.2, 0.25) is 0 Å². The van der Waals surface area contributed by atoms with E-state index in [1.807, 2.05) is 0 Å². The number of benzene rings is 2. The Morgan fingerprint density at radius 2 is 1.43 bits per heavy atom. The second-order valence-corrected chi connectivity index (χ2v) is 5.57. The van der Waals surface area contributed by atoms with E-state index in [1.165, 1.54) is 35.5 Å². The number of rotatable bonds is 2. The van der Waals surface area contributed by atoms with Crippen LogP contribution in [-0.4, -0.2) is 9.55 Å². The Balaban J connectivity index is 1.96. The minimum atomic E-state index is 1.08. The third kappa shape index (κ3) is 2.17. The Bertz CT molecular complexity index is 742. The monoisotopic (exact) mass is 274 g/mol. The molecule has 0 fully saturated rings. The maximum absolute atomic E-state index is 4.96. The zero-order valence-corrected chi connectivity index (χ0v) is 12.0. The molecule has 104 valence electrons. The van der Waals surface area contributed by atoms with Crippen molar-refractivity contribution < 1.29 is 0 Å². The number of aromatic nitrogens is 2. The summed E-state index contributed by atoms with van der Waals surface area (Å²) in [4.78, 5) is 4.96. The van der Waals surface area contributed by atoms with E-state index in [1.54, 1.807) is 0 Å². The summed E-state index contributed by atoms with van der Waals surface area (Å²) in [6.45, 7) is 1.08. The molecule has 3 aromatic rings. The van der Waals surface area contributed by atoms with E-state index in [0.29, 0.717) is 0 Å². The molecule has 2 heteroatoms. The average Bonchev–Trinajstić information content (AvgIpc) is 2.96. The minimum absolute atomic E-state index is 1.08. The van der Waals surface area contributed by atoms with Crippen LogP contribution >= 0.6 is 0 Å². The molecule has 4 rings (SSSR count). The van der Waals surface area contributed by atoms with Gasteiger partial charge in [0.15, 0.2) is 0 Å². The van der Waals surface area contributed by atoms with Gasteiger partial charge in [-0.2, -0.15) is 0 Å². The second kappa shape index (κ2) is 5.21. The Hall–Kier alpha value is -2.35. The largest absolute Gasteiger partial charge is 0.327 e. The molecule has 0 N–H and O–H groups in total. The number of aryl methyl sites for hydroxylation is 1. The molecule has 0 amide bonds. The SMILES string of the molecule is c1ccc(-c2nc3n(c2-c2ccccc2)CCCC3)cc1. The van der Waals surface area contributed by atoms with Crippen LogP contribution in [0.15, 0.2) is 60.7 Å². The summed E-state index contributed by atoms with van der Waals surface area (Å²) < 4.78 is 2.42. The molecule has 0 aliphatic carbocycles. The predicted molar refractivity (Wildman–Crippen MR) is 86.0 cm³/mol. The van der Waals surface area contributed by atoms with Gasteiger partial charge >= 0.3 is 0 Å². The zero-order chi connectivity index (χ0) is 14.1. The van der Waals surface area contributed by atoms with E-state index >= 15 is 0 Å². The lowest BCUT2D eigenvalue weighted by atomic mass is 10.0. The molecule has 0 unspecified atom stereocenters. The van der Waals surface area contributed by atoms with Crippen molar-refractivity contribution >= 4 is 0 Å². The standard InChI is InChI=1S/C19H18N2/c1-3-9-15(10-4-1)18-19(16-11-5-2-6-12-16)21-14-8-7-13-17(21)20-18/h1-6,9-12H,7-8,13-14H2. The van der Waals surface area contributed by atoms with Crippen LogP contribution < -0.4 is 0 Å². The topological polar surface area (TPSA) is 17.8 Å². The lowest BCUT2D eigenvalue weighted by Gasteiger charge is -2.16. The molecule has 2 aromatic carbocycles. The molecule has 0 radical (unpaired) electrons. The Morgan fingerprint density at radius 1 is 0.762 bits per heavy atom. The molecule has 0 spiro atoms. The van der Waals surface area contributed by atoms with Crippen molar-refractivity contribution in [3.05, 3.63) is 66.5 Å². The number of hydrogen-bond acceptors (Lipinski definition) is 1. The van der Waals surface area contributed by atoms with E-state index in [2.05, 4.69) is 65.2 Å². The van der Waals surface area contributed by atoms with Gasteiger partial charge < -0.3 is 4.57 Å². The van der Waals surface area contributed by atoms with Gasteiger partial charge in [0.2, 0.25) is 0 Å². The first-order valence-corrected chi connectivity index (χ1v) is 7.64.